The first-order valence-corrected chi connectivity index (χ1v) is 7.41. The molecule has 5 heteroatoms. The Hall–Kier alpha value is -0.940. The Morgan fingerprint density at radius 3 is 2.95 bits per heavy atom. The Morgan fingerprint density at radius 1 is 1.37 bits per heavy atom. The minimum absolute atomic E-state index is 0.345. The van der Waals surface area contributed by atoms with Crippen LogP contribution in [0.1, 0.15) is 51.6 Å². The molecule has 1 heterocycles. The summed E-state index contributed by atoms with van der Waals surface area (Å²) in [5.74, 6) is 0. The van der Waals surface area contributed by atoms with Crippen molar-refractivity contribution in [2.45, 2.75) is 65.1 Å². The fraction of sp³-hybridized carbons (Fsp3) is 0.857. The minimum Gasteiger partial charge on any atom is -0.377 e. The van der Waals surface area contributed by atoms with Crippen LogP contribution >= 0.6 is 0 Å². The quantitative estimate of drug-likeness (QED) is 0.626. The molecule has 0 spiro atoms. The predicted octanol–water partition coefficient (Wildman–Crippen LogP) is 2.37. The fourth-order valence-corrected chi connectivity index (χ4v) is 2.00. The molecule has 0 bridgehead atoms. The second-order valence-corrected chi connectivity index (χ2v) is 5.03. The summed E-state index contributed by atoms with van der Waals surface area (Å²) in [5.41, 5.74) is 0.968. The van der Waals surface area contributed by atoms with Crippen LogP contribution in [0.25, 0.3) is 0 Å². The van der Waals surface area contributed by atoms with Crippen LogP contribution in [0.15, 0.2) is 6.20 Å². The van der Waals surface area contributed by atoms with Gasteiger partial charge in [0.25, 0.3) is 0 Å². The topological polar surface area (TPSA) is 52.0 Å². The van der Waals surface area contributed by atoms with Crippen molar-refractivity contribution >= 4 is 0 Å². The number of rotatable bonds is 11. The average molecular weight is 268 g/mol. The lowest BCUT2D eigenvalue weighted by molar-refractivity contribution is 0.0513. The van der Waals surface area contributed by atoms with Gasteiger partial charge in [-0.25, -0.2) is 4.68 Å². The van der Waals surface area contributed by atoms with Crippen molar-refractivity contribution < 1.29 is 4.74 Å². The summed E-state index contributed by atoms with van der Waals surface area (Å²) < 4.78 is 7.63. The van der Waals surface area contributed by atoms with Gasteiger partial charge in [-0.3, -0.25) is 0 Å². The molecule has 1 aromatic heterocycles. The van der Waals surface area contributed by atoms with Crippen molar-refractivity contribution in [3.05, 3.63) is 11.9 Å². The fourth-order valence-electron chi connectivity index (χ4n) is 2.00. The number of aromatic nitrogens is 3. The third-order valence-corrected chi connectivity index (χ3v) is 3.13. The summed E-state index contributed by atoms with van der Waals surface area (Å²) >= 11 is 0. The summed E-state index contributed by atoms with van der Waals surface area (Å²) in [4.78, 5) is 0. The van der Waals surface area contributed by atoms with E-state index in [1.165, 1.54) is 25.7 Å². The molecule has 110 valence electrons. The maximum atomic E-state index is 5.79. The third kappa shape index (κ3) is 7.28. The zero-order valence-electron chi connectivity index (χ0n) is 12.6. The van der Waals surface area contributed by atoms with E-state index in [4.69, 9.17) is 4.74 Å². The molecule has 1 N–H and O–H groups in total. The van der Waals surface area contributed by atoms with Crippen LogP contribution in [0.3, 0.4) is 0 Å². The van der Waals surface area contributed by atoms with Crippen molar-refractivity contribution in [2.24, 2.45) is 0 Å². The van der Waals surface area contributed by atoms with E-state index in [1.54, 1.807) is 0 Å². The minimum atomic E-state index is 0.345. The number of hydrogen-bond donors (Lipinski definition) is 1. The van der Waals surface area contributed by atoms with Crippen LogP contribution in [-0.2, 0) is 17.8 Å². The maximum absolute atomic E-state index is 5.79. The zero-order chi connectivity index (χ0) is 13.9. The molecule has 0 radical (unpaired) electrons. The molecule has 5 nitrogen and oxygen atoms in total. The van der Waals surface area contributed by atoms with Gasteiger partial charge < -0.3 is 10.1 Å². The first kappa shape index (κ1) is 16.1. The molecule has 0 fully saturated rings. The van der Waals surface area contributed by atoms with E-state index in [9.17, 15) is 0 Å². The molecule has 0 saturated heterocycles. The van der Waals surface area contributed by atoms with Gasteiger partial charge in [0.05, 0.1) is 24.9 Å². The first-order valence-electron chi connectivity index (χ1n) is 7.41. The van der Waals surface area contributed by atoms with Crippen molar-refractivity contribution in [1.82, 2.24) is 20.3 Å². The predicted molar refractivity (Wildman–Crippen MR) is 77.0 cm³/mol. The van der Waals surface area contributed by atoms with Gasteiger partial charge in [-0.2, -0.15) is 0 Å². The molecule has 0 aliphatic carbocycles. The Labute approximate surface area is 116 Å². The van der Waals surface area contributed by atoms with Gasteiger partial charge in [0.2, 0.25) is 0 Å². The molecular formula is C14H28N4O. The molecule has 1 unspecified atom stereocenters. The highest BCUT2D eigenvalue weighted by Crippen LogP contribution is 2.07. The Kier molecular flexibility index (Phi) is 8.41. The molecule has 0 saturated carbocycles. The lowest BCUT2D eigenvalue weighted by atomic mass is 10.1. The Morgan fingerprint density at radius 2 is 2.21 bits per heavy atom. The van der Waals surface area contributed by atoms with Crippen LogP contribution in [0.5, 0.6) is 0 Å². The molecular weight excluding hydrogens is 240 g/mol. The normalized spacial score (nSPS) is 12.8. The second kappa shape index (κ2) is 9.92. The van der Waals surface area contributed by atoms with Crippen LogP contribution in [0.4, 0.5) is 0 Å². The van der Waals surface area contributed by atoms with Crippen molar-refractivity contribution in [1.29, 1.82) is 0 Å². The van der Waals surface area contributed by atoms with E-state index < -0.39 is 0 Å². The van der Waals surface area contributed by atoms with Gasteiger partial charge in [-0.05, 0) is 20.4 Å². The van der Waals surface area contributed by atoms with E-state index in [0.29, 0.717) is 12.7 Å². The number of unbranched alkanes of at least 4 members (excludes halogenated alkanes) is 3. The molecule has 0 aliphatic rings. The molecule has 0 aliphatic heterocycles. The van der Waals surface area contributed by atoms with Crippen LogP contribution in [0.2, 0.25) is 0 Å². The van der Waals surface area contributed by atoms with Crippen LogP contribution in [0, 0.1) is 0 Å². The van der Waals surface area contributed by atoms with Gasteiger partial charge in [0, 0.05) is 12.7 Å². The van der Waals surface area contributed by atoms with Gasteiger partial charge >= 0.3 is 0 Å². The largest absolute Gasteiger partial charge is 0.377 e. The number of hydrogen-bond acceptors (Lipinski definition) is 4. The van der Waals surface area contributed by atoms with Crippen molar-refractivity contribution in [2.75, 3.05) is 13.7 Å². The standard InChI is InChI=1S/C14H28N4O/c1-4-5-6-7-8-13(2)19-10-9-18-12-14(11-15-3)16-17-18/h12-13,15H,4-11H2,1-3H3. The molecule has 1 rings (SSSR count). The van der Waals surface area contributed by atoms with E-state index in [-0.39, 0.29) is 0 Å². The maximum Gasteiger partial charge on any atom is 0.0964 e. The van der Waals surface area contributed by atoms with E-state index in [0.717, 1.165) is 25.2 Å². The highest BCUT2D eigenvalue weighted by atomic mass is 16.5. The van der Waals surface area contributed by atoms with Gasteiger partial charge in [0.1, 0.15) is 0 Å². The molecule has 1 atom stereocenters. The highest BCUT2D eigenvalue weighted by molar-refractivity contribution is 4.90. The number of nitrogens with zero attached hydrogens (tertiary/aromatic N) is 3. The summed E-state index contributed by atoms with van der Waals surface area (Å²) in [6.07, 6.45) is 8.67. The van der Waals surface area contributed by atoms with Crippen LogP contribution in [-0.4, -0.2) is 34.8 Å². The van der Waals surface area contributed by atoms with Crippen LogP contribution < -0.4 is 5.32 Å². The molecule has 1 aromatic rings. The smallest absolute Gasteiger partial charge is 0.0964 e. The summed E-state index contributed by atoms with van der Waals surface area (Å²) in [6, 6.07) is 0. The Bertz CT molecular complexity index is 327. The van der Waals surface area contributed by atoms with Gasteiger partial charge in [-0.1, -0.05) is 37.8 Å². The van der Waals surface area contributed by atoms with E-state index in [1.807, 2.05) is 17.9 Å². The zero-order valence-corrected chi connectivity index (χ0v) is 12.6. The molecule has 0 aromatic carbocycles. The SMILES string of the molecule is CCCCCCC(C)OCCn1cc(CNC)nn1. The number of nitrogens with one attached hydrogen (secondary N) is 1. The first-order chi connectivity index (χ1) is 9.26. The Balaban J connectivity index is 2.08. The monoisotopic (exact) mass is 268 g/mol. The van der Waals surface area contributed by atoms with E-state index in [2.05, 4.69) is 29.5 Å². The molecule has 0 amide bonds. The van der Waals surface area contributed by atoms with E-state index >= 15 is 0 Å². The second-order valence-electron chi connectivity index (χ2n) is 5.03. The summed E-state index contributed by atoms with van der Waals surface area (Å²) in [5, 5.41) is 11.2. The van der Waals surface area contributed by atoms with Gasteiger partial charge in [0.15, 0.2) is 0 Å². The van der Waals surface area contributed by atoms with Crippen molar-refractivity contribution in [3.63, 3.8) is 0 Å². The molecule has 19 heavy (non-hydrogen) atoms. The lowest BCUT2D eigenvalue weighted by Crippen LogP contribution is -2.13. The van der Waals surface area contributed by atoms with Gasteiger partial charge in [-0.15, -0.1) is 5.10 Å². The average Bonchev–Trinajstić information content (AvgIpc) is 2.83. The lowest BCUT2D eigenvalue weighted by Gasteiger charge is -2.12. The summed E-state index contributed by atoms with van der Waals surface area (Å²) in [7, 11) is 1.91. The van der Waals surface area contributed by atoms with Crippen molar-refractivity contribution in [3.8, 4) is 0 Å². The third-order valence-electron chi connectivity index (χ3n) is 3.13. The highest BCUT2D eigenvalue weighted by Gasteiger charge is 2.03. The summed E-state index contributed by atoms with van der Waals surface area (Å²) in [6.45, 7) is 6.63. The number of ether oxygens (including phenoxy) is 1.